The minimum atomic E-state index is -0.862. The fourth-order valence-corrected chi connectivity index (χ4v) is 1.61. The molecule has 0 aliphatic heterocycles. The Morgan fingerprint density at radius 3 is 2.00 bits per heavy atom. The fourth-order valence-electron chi connectivity index (χ4n) is 1.61. The summed E-state index contributed by atoms with van der Waals surface area (Å²) in [5, 5.41) is 2.53. The molecular weight excluding hydrogens is 206 g/mol. The maximum atomic E-state index is 11.3. The Balaban J connectivity index is 2.98. The summed E-state index contributed by atoms with van der Waals surface area (Å²) >= 11 is 0. The van der Waals surface area contributed by atoms with E-state index in [4.69, 9.17) is 5.84 Å². The molecule has 16 heavy (non-hydrogen) atoms. The summed E-state index contributed by atoms with van der Waals surface area (Å²) in [6.07, 6.45) is 0. The van der Waals surface area contributed by atoms with Gasteiger partial charge in [-0.1, -0.05) is 17.7 Å². The number of aryl methyl sites for hydroxylation is 3. The molecule has 0 saturated carbocycles. The average Bonchev–Trinajstić information content (AvgIpc) is 2.21. The molecule has 0 radical (unpaired) electrons. The van der Waals surface area contributed by atoms with Crippen LogP contribution in [0.2, 0.25) is 0 Å². The van der Waals surface area contributed by atoms with Crippen LogP contribution in [0.5, 0.6) is 0 Å². The molecule has 0 saturated heterocycles. The highest BCUT2D eigenvalue weighted by Crippen LogP contribution is 2.21. The largest absolute Gasteiger partial charge is 0.323 e. The van der Waals surface area contributed by atoms with Crippen LogP contribution in [0.25, 0.3) is 0 Å². The van der Waals surface area contributed by atoms with Gasteiger partial charge in [0.2, 0.25) is 0 Å². The first kappa shape index (κ1) is 12.2. The molecule has 86 valence electrons. The monoisotopic (exact) mass is 221 g/mol. The van der Waals surface area contributed by atoms with Crippen LogP contribution >= 0.6 is 0 Å². The number of carbonyl (C=O) groups is 2. The van der Waals surface area contributed by atoms with Crippen molar-refractivity contribution in [2.75, 3.05) is 5.32 Å². The third-order valence-electron chi connectivity index (χ3n) is 2.25. The van der Waals surface area contributed by atoms with E-state index in [1.54, 1.807) is 5.43 Å². The van der Waals surface area contributed by atoms with E-state index in [9.17, 15) is 9.59 Å². The summed E-state index contributed by atoms with van der Waals surface area (Å²) in [5.74, 6) is 3.24. The second-order valence-electron chi connectivity index (χ2n) is 3.70. The van der Waals surface area contributed by atoms with Crippen LogP contribution in [0.1, 0.15) is 16.7 Å². The van der Waals surface area contributed by atoms with Crippen molar-refractivity contribution in [1.29, 1.82) is 0 Å². The highest BCUT2D eigenvalue weighted by atomic mass is 16.2. The van der Waals surface area contributed by atoms with E-state index < -0.39 is 11.8 Å². The molecule has 4 N–H and O–H groups in total. The number of hydrogen-bond donors (Lipinski definition) is 3. The van der Waals surface area contributed by atoms with E-state index in [0.29, 0.717) is 5.69 Å². The van der Waals surface area contributed by atoms with E-state index in [0.717, 1.165) is 16.7 Å². The van der Waals surface area contributed by atoms with Crippen molar-refractivity contribution >= 4 is 17.5 Å². The van der Waals surface area contributed by atoms with Gasteiger partial charge in [-0.05, 0) is 31.9 Å². The van der Waals surface area contributed by atoms with Gasteiger partial charge in [0.1, 0.15) is 0 Å². The second kappa shape index (κ2) is 4.76. The normalized spacial score (nSPS) is 9.75. The fraction of sp³-hybridized carbons (Fsp3) is 0.273. The maximum Gasteiger partial charge on any atom is 0.323 e. The van der Waals surface area contributed by atoms with Crippen molar-refractivity contribution in [3.8, 4) is 0 Å². The van der Waals surface area contributed by atoms with E-state index in [2.05, 4.69) is 5.32 Å². The molecule has 0 fully saturated rings. The minimum absolute atomic E-state index is 0.652. The molecule has 1 aromatic rings. The number of nitrogens with two attached hydrogens (primary N) is 1. The lowest BCUT2D eigenvalue weighted by molar-refractivity contribution is -0.136. The van der Waals surface area contributed by atoms with Crippen LogP contribution in [-0.4, -0.2) is 11.8 Å². The van der Waals surface area contributed by atoms with Crippen LogP contribution < -0.4 is 16.6 Å². The first-order chi connectivity index (χ1) is 7.45. The smallest absolute Gasteiger partial charge is 0.317 e. The molecule has 0 aromatic heterocycles. The minimum Gasteiger partial charge on any atom is -0.317 e. The van der Waals surface area contributed by atoms with Crippen LogP contribution in [0.15, 0.2) is 12.1 Å². The molecule has 0 heterocycles. The molecule has 1 aromatic carbocycles. The third kappa shape index (κ3) is 2.58. The number of anilines is 1. The lowest BCUT2D eigenvalue weighted by atomic mass is 10.1. The van der Waals surface area contributed by atoms with Crippen LogP contribution in [0, 0.1) is 20.8 Å². The van der Waals surface area contributed by atoms with Gasteiger partial charge in [0.05, 0.1) is 0 Å². The number of nitrogens with one attached hydrogen (secondary N) is 2. The molecule has 0 spiro atoms. The number of hydrazine groups is 1. The Hall–Kier alpha value is -1.88. The third-order valence-corrected chi connectivity index (χ3v) is 2.25. The van der Waals surface area contributed by atoms with Crippen LogP contribution in [-0.2, 0) is 9.59 Å². The number of rotatable bonds is 1. The molecule has 0 atom stereocenters. The van der Waals surface area contributed by atoms with Crippen molar-refractivity contribution in [1.82, 2.24) is 5.43 Å². The van der Waals surface area contributed by atoms with Gasteiger partial charge in [0.25, 0.3) is 0 Å². The molecule has 5 nitrogen and oxygen atoms in total. The highest BCUT2D eigenvalue weighted by molar-refractivity contribution is 6.39. The first-order valence-corrected chi connectivity index (χ1v) is 4.85. The number of amides is 2. The number of carbonyl (C=O) groups excluding carboxylic acids is 2. The highest BCUT2D eigenvalue weighted by Gasteiger charge is 2.14. The van der Waals surface area contributed by atoms with E-state index in [-0.39, 0.29) is 0 Å². The second-order valence-corrected chi connectivity index (χ2v) is 3.70. The van der Waals surface area contributed by atoms with E-state index in [1.165, 1.54) is 0 Å². The van der Waals surface area contributed by atoms with Gasteiger partial charge in [0.15, 0.2) is 0 Å². The van der Waals surface area contributed by atoms with Gasteiger partial charge in [0, 0.05) is 5.69 Å². The summed E-state index contributed by atoms with van der Waals surface area (Å²) in [4.78, 5) is 22.3. The summed E-state index contributed by atoms with van der Waals surface area (Å²) in [6.45, 7) is 5.71. The first-order valence-electron chi connectivity index (χ1n) is 4.85. The van der Waals surface area contributed by atoms with Gasteiger partial charge >= 0.3 is 11.8 Å². The van der Waals surface area contributed by atoms with E-state index >= 15 is 0 Å². The van der Waals surface area contributed by atoms with Crippen LogP contribution in [0.4, 0.5) is 5.69 Å². The van der Waals surface area contributed by atoms with E-state index in [1.807, 2.05) is 32.9 Å². The lowest BCUT2D eigenvalue weighted by Gasteiger charge is -2.11. The predicted octanol–water partition coefficient (Wildman–Crippen LogP) is 0.540. The molecule has 0 unspecified atom stereocenters. The number of hydrogen-bond acceptors (Lipinski definition) is 3. The van der Waals surface area contributed by atoms with Crippen LogP contribution in [0.3, 0.4) is 0 Å². The van der Waals surface area contributed by atoms with Gasteiger partial charge in [-0.2, -0.15) is 0 Å². The number of benzene rings is 1. The molecular formula is C11H15N3O2. The summed E-state index contributed by atoms with van der Waals surface area (Å²) in [6, 6.07) is 3.87. The SMILES string of the molecule is Cc1cc(C)c(NC(=O)C(=O)NN)c(C)c1. The Kier molecular flexibility index (Phi) is 3.63. The predicted molar refractivity (Wildman–Crippen MR) is 61.6 cm³/mol. The van der Waals surface area contributed by atoms with Gasteiger partial charge in [-0.25, -0.2) is 5.84 Å². The summed E-state index contributed by atoms with van der Waals surface area (Å²) < 4.78 is 0. The van der Waals surface area contributed by atoms with Crippen molar-refractivity contribution in [3.63, 3.8) is 0 Å². The molecule has 5 heteroatoms. The van der Waals surface area contributed by atoms with Crippen molar-refractivity contribution in [2.24, 2.45) is 5.84 Å². The maximum absolute atomic E-state index is 11.3. The zero-order valence-corrected chi connectivity index (χ0v) is 9.55. The summed E-state index contributed by atoms with van der Waals surface area (Å²) in [7, 11) is 0. The zero-order chi connectivity index (χ0) is 12.3. The Morgan fingerprint density at radius 1 is 1.06 bits per heavy atom. The van der Waals surface area contributed by atoms with Crippen molar-refractivity contribution < 1.29 is 9.59 Å². The molecule has 1 rings (SSSR count). The average molecular weight is 221 g/mol. The topological polar surface area (TPSA) is 84.2 Å². The summed E-state index contributed by atoms with van der Waals surface area (Å²) in [5.41, 5.74) is 5.37. The molecule has 0 bridgehead atoms. The lowest BCUT2D eigenvalue weighted by Crippen LogP contribution is -2.39. The molecule has 0 aliphatic carbocycles. The van der Waals surface area contributed by atoms with Gasteiger partial charge < -0.3 is 5.32 Å². The van der Waals surface area contributed by atoms with Gasteiger partial charge in [-0.3, -0.25) is 15.0 Å². The zero-order valence-electron chi connectivity index (χ0n) is 9.55. The van der Waals surface area contributed by atoms with Crippen molar-refractivity contribution in [2.45, 2.75) is 20.8 Å². The Labute approximate surface area is 94.0 Å². The van der Waals surface area contributed by atoms with Gasteiger partial charge in [-0.15, -0.1) is 0 Å². The quantitative estimate of drug-likeness (QED) is 0.280. The standard InChI is InChI=1S/C11H15N3O2/c1-6-4-7(2)9(8(3)5-6)13-10(15)11(16)14-12/h4-5H,12H2,1-3H3,(H,13,15)(H,14,16). The Bertz CT molecular complexity index is 418. The molecule has 2 amide bonds. The molecule has 0 aliphatic rings. The Morgan fingerprint density at radius 2 is 1.56 bits per heavy atom. The van der Waals surface area contributed by atoms with Crippen molar-refractivity contribution in [3.05, 3.63) is 28.8 Å².